The molecular formula is C16H26N2O2. The van der Waals surface area contributed by atoms with Crippen molar-refractivity contribution in [3.05, 3.63) is 24.3 Å². The van der Waals surface area contributed by atoms with Crippen LogP contribution in [0.25, 0.3) is 0 Å². The summed E-state index contributed by atoms with van der Waals surface area (Å²) >= 11 is 0. The minimum absolute atomic E-state index is 0.0494. The average Bonchev–Trinajstić information content (AvgIpc) is 2.38. The Hall–Kier alpha value is -1.55. The SMILES string of the molecule is CCCC(N)CC(=O)Nc1cccc(OC(C)CC)c1. The summed E-state index contributed by atoms with van der Waals surface area (Å²) in [5.41, 5.74) is 6.62. The Labute approximate surface area is 121 Å². The topological polar surface area (TPSA) is 64.4 Å². The van der Waals surface area contributed by atoms with Gasteiger partial charge in [-0.25, -0.2) is 0 Å². The van der Waals surface area contributed by atoms with Gasteiger partial charge in [0, 0.05) is 24.2 Å². The Morgan fingerprint density at radius 2 is 2.15 bits per heavy atom. The van der Waals surface area contributed by atoms with Crippen molar-refractivity contribution in [1.82, 2.24) is 0 Å². The van der Waals surface area contributed by atoms with E-state index in [4.69, 9.17) is 10.5 Å². The summed E-state index contributed by atoms with van der Waals surface area (Å²) in [7, 11) is 0. The second-order valence-corrected chi connectivity index (χ2v) is 5.17. The monoisotopic (exact) mass is 278 g/mol. The number of ether oxygens (including phenoxy) is 1. The van der Waals surface area contributed by atoms with E-state index < -0.39 is 0 Å². The molecule has 2 atom stereocenters. The van der Waals surface area contributed by atoms with Crippen molar-refractivity contribution < 1.29 is 9.53 Å². The lowest BCUT2D eigenvalue weighted by atomic mass is 10.1. The molecule has 0 fully saturated rings. The molecule has 112 valence electrons. The van der Waals surface area contributed by atoms with Gasteiger partial charge in [0.25, 0.3) is 0 Å². The van der Waals surface area contributed by atoms with Gasteiger partial charge in [-0.3, -0.25) is 4.79 Å². The third-order valence-electron chi connectivity index (χ3n) is 3.14. The first-order chi connectivity index (χ1) is 9.55. The molecule has 0 spiro atoms. The first-order valence-electron chi connectivity index (χ1n) is 7.37. The minimum atomic E-state index is -0.0699. The summed E-state index contributed by atoms with van der Waals surface area (Å²) < 4.78 is 5.73. The maximum atomic E-state index is 11.9. The van der Waals surface area contributed by atoms with E-state index in [0.717, 1.165) is 30.7 Å². The van der Waals surface area contributed by atoms with E-state index in [-0.39, 0.29) is 18.1 Å². The van der Waals surface area contributed by atoms with E-state index >= 15 is 0 Å². The van der Waals surface area contributed by atoms with Crippen LogP contribution >= 0.6 is 0 Å². The normalized spacial score (nSPS) is 13.6. The molecule has 4 heteroatoms. The Morgan fingerprint density at radius 1 is 1.40 bits per heavy atom. The van der Waals surface area contributed by atoms with Gasteiger partial charge in [0.2, 0.25) is 5.91 Å². The smallest absolute Gasteiger partial charge is 0.225 e. The van der Waals surface area contributed by atoms with Gasteiger partial charge in [-0.2, -0.15) is 0 Å². The van der Waals surface area contributed by atoms with Gasteiger partial charge in [-0.05, 0) is 31.9 Å². The van der Waals surface area contributed by atoms with Crippen molar-refractivity contribution >= 4 is 11.6 Å². The number of hydrogen-bond donors (Lipinski definition) is 2. The molecular weight excluding hydrogens is 252 g/mol. The van der Waals surface area contributed by atoms with Crippen LogP contribution in [0.5, 0.6) is 5.75 Å². The zero-order valence-electron chi connectivity index (χ0n) is 12.7. The van der Waals surface area contributed by atoms with E-state index in [9.17, 15) is 4.79 Å². The molecule has 4 nitrogen and oxygen atoms in total. The maximum absolute atomic E-state index is 11.9. The zero-order valence-corrected chi connectivity index (χ0v) is 12.7. The standard InChI is InChI=1S/C16H26N2O2/c1-4-7-13(17)10-16(19)18-14-8-6-9-15(11-14)20-12(3)5-2/h6,8-9,11-13H,4-5,7,10,17H2,1-3H3,(H,18,19). The number of carbonyl (C=O) groups is 1. The van der Waals surface area contributed by atoms with Crippen molar-refractivity contribution in [2.75, 3.05) is 5.32 Å². The first kappa shape index (κ1) is 16.5. The molecule has 1 aromatic carbocycles. The molecule has 0 saturated carbocycles. The predicted octanol–water partition coefficient (Wildman–Crippen LogP) is 3.32. The second-order valence-electron chi connectivity index (χ2n) is 5.17. The largest absolute Gasteiger partial charge is 0.491 e. The fourth-order valence-electron chi connectivity index (χ4n) is 1.89. The molecule has 20 heavy (non-hydrogen) atoms. The molecule has 2 unspecified atom stereocenters. The number of benzene rings is 1. The third kappa shape index (κ3) is 6.06. The lowest BCUT2D eigenvalue weighted by Crippen LogP contribution is -2.26. The molecule has 0 aliphatic rings. The summed E-state index contributed by atoms with van der Waals surface area (Å²) in [6, 6.07) is 7.39. The summed E-state index contributed by atoms with van der Waals surface area (Å²) in [6.07, 6.45) is 3.32. The van der Waals surface area contributed by atoms with E-state index in [1.54, 1.807) is 0 Å². The summed E-state index contributed by atoms with van der Waals surface area (Å²) in [4.78, 5) is 11.9. The molecule has 1 aromatic rings. The van der Waals surface area contributed by atoms with Gasteiger partial charge in [-0.1, -0.05) is 26.3 Å². The zero-order chi connectivity index (χ0) is 15.0. The van der Waals surface area contributed by atoms with Crippen LogP contribution in [0.3, 0.4) is 0 Å². The van der Waals surface area contributed by atoms with Crippen LogP contribution < -0.4 is 15.8 Å². The number of anilines is 1. The van der Waals surface area contributed by atoms with Crippen LogP contribution in [-0.2, 0) is 4.79 Å². The van der Waals surface area contributed by atoms with E-state index in [0.29, 0.717) is 6.42 Å². The highest BCUT2D eigenvalue weighted by atomic mass is 16.5. The number of carbonyl (C=O) groups excluding carboxylic acids is 1. The van der Waals surface area contributed by atoms with Crippen molar-refractivity contribution in [3.8, 4) is 5.75 Å². The molecule has 0 saturated heterocycles. The lowest BCUT2D eigenvalue weighted by Gasteiger charge is -2.14. The molecule has 0 aliphatic heterocycles. The van der Waals surface area contributed by atoms with Crippen LogP contribution in [0, 0.1) is 0 Å². The Morgan fingerprint density at radius 3 is 2.80 bits per heavy atom. The number of amides is 1. The lowest BCUT2D eigenvalue weighted by molar-refractivity contribution is -0.116. The molecule has 3 N–H and O–H groups in total. The van der Waals surface area contributed by atoms with Crippen molar-refractivity contribution in [2.24, 2.45) is 5.73 Å². The van der Waals surface area contributed by atoms with E-state index in [2.05, 4.69) is 19.2 Å². The molecule has 1 rings (SSSR count). The van der Waals surface area contributed by atoms with Gasteiger partial charge in [0.1, 0.15) is 5.75 Å². The molecule has 0 aliphatic carbocycles. The van der Waals surface area contributed by atoms with Gasteiger partial charge < -0.3 is 15.8 Å². The quantitative estimate of drug-likeness (QED) is 0.766. The summed E-state index contributed by atoms with van der Waals surface area (Å²) in [5.74, 6) is 0.724. The Bertz CT molecular complexity index is 421. The first-order valence-corrected chi connectivity index (χ1v) is 7.37. The summed E-state index contributed by atoms with van der Waals surface area (Å²) in [6.45, 7) is 6.16. The van der Waals surface area contributed by atoms with Crippen molar-refractivity contribution in [3.63, 3.8) is 0 Å². The van der Waals surface area contributed by atoms with Crippen molar-refractivity contribution in [2.45, 2.75) is 58.6 Å². The maximum Gasteiger partial charge on any atom is 0.225 e. The molecule has 0 heterocycles. The number of nitrogens with two attached hydrogens (primary N) is 1. The van der Waals surface area contributed by atoms with Gasteiger partial charge in [-0.15, -0.1) is 0 Å². The molecule has 1 amide bonds. The fourth-order valence-corrected chi connectivity index (χ4v) is 1.89. The number of rotatable bonds is 8. The second kappa shape index (κ2) is 8.59. The Kier molecular flexibility index (Phi) is 7.09. The predicted molar refractivity (Wildman–Crippen MR) is 83.0 cm³/mol. The third-order valence-corrected chi connectivity index (χ3v) is 3.14. The van der Waals surface area contributed by atoms with E-state index in [1.165, 1.54) is 0 Å². The Balaban J connectivity index is 2.55. The molecule has 0 radical (unpaired) electrons. The fraction of sp³-hybridized carbons (Fsp3) is 0.562. The highest BCUT2D eigenvalue weighted by Gasteiger charge is 2.09. The van der Waals surface area contributed by atoms with Crippen LogP contribution in [0.1, 0.15) is 46.5 Å². The number of nitrogens with one attached hydrogen (secondary N) is 1. The van der Waals surface area contributed by atoms with Crippen LogP contribution in [-0.4, -0.2) is 18.1 Å². The van der Waals surface area contributed by atoms with Crippen molar-refractivity contribution in [1.29, 1.82) is 0 Å². The van der Waals surface area contributed by atoms with Crippen LogP contribution in [0.2, 0.25) is 0 Å². The highest BCUT2D eigenvalue weighted by molar-refractivity contribution is 5.91. The van der Waals surface area contributed by atoms with E-state index in [1.807, 2.05) is 31.2 Å². The highest BCUT2D eigenvalue weighted by Crippen LogP contribution is 2.19. The van der Waals surface area contributed by atoms with Gasteiger partial charge in [0.05, 0.1) is 6.10 Å². The van der Waals surface area contributed by atoms with Crippen LogP contribution in [0.4, 0.5) is 5.69 Å². The molecule has 0 bridgehead atoms. The molecule has 0 aromatic heterocycles. The number of hydrogen-bond acceptors (Lipinski definition) is 3. The van der Waals surface area contributed by atoms with Gasteiger partial charge in [0.15, 0.2) is 0 Å². The van der Waals surface area contributed by atoms with Crippen LogP contribution in [0.15, 0.2) is 24.3 Å². The minimum Gasteiger partial charge on any atom is -0.491 e. The average molecular weight is 278 g/mol. The van der Waals surface area contributed by atoms with Gasteiger partial charge >= 0.3 is 0 Å². The summed E-state index contributed by atoms with van der Waals surface area (Å²) in [5, 5.41) is 2.86.